The van der Waals surface area contributed by atoms with Crippen molar-refractivity contribution in [3.63, 3.8) is 0 Å². The monoisotopic (exact) mass is 269 g/mol. The van der Waals surface area contributed by atoms with Crippen molar-refractivity contribution in [1.29, 1.82) is 0 Å². The third kappa shape index (κ3) is 2.81. The molecule has 0 fully saturated rings. The standard InChI is InChI=1S/C12H16BrNO/c1-4-8-14(3)12(15)10-7-5-6-9(2)11(10)13/h5-7H,4,8H2,1-3H3. The number of amides is 1. The van der Waals surface area contributed by atoms with Crippen LogP contribution < -0.4 is 0 Å². The number of carbonyl (C=O) groups is 1. The largest absolute Gasteiger partial charge is 0.342 e. The highest BCUT2D eigenvalue weighted by atomic mass is 79.9. The summed E-state index contributed by atoms with van der Waals surface area (Å²) in [6.07, 6.45) is 0.978. The molecule has 0 aliphatic carbocycles. The minimum atomic E-state index is 0.0763. The van der Waals surface area contributed by atoms with E-state index in [9.17, 15) is 4.79 Å². The molecule has 0 spiro atoms. The summed E-state index contributed by atoms with van der Waals surface area (Å²) in [5, 5.41) is 0. The van der Waals surface area contributed by atoms with E-state index in [1.54, 1.807) is 4.90 Å². The molecule has 3 heteroatoms. The number of halogens is 1. The van der Waals surface area contributed by atoms with Gasteiger partial charge in [0.05, 0.1) is 5.56 Å². The molecule has 1 aromatic rings. The average Bonchev–Trinajstić information content (AvgIpc) is 2.21. The molecule has 0 radical (unpaired) electrons. The van der Waals surface area contributed by atoms with Crippen molar-refractivity contribution in [3.8, 4) is 0 Å². The van der Waals surface area contributed by atoms with Crippen LogP contribution >= 0.6 is 15.9 Å². The first-order valence-electron chi connectivity index (χ1n) is 5.08. The maximum absolute atomic E-state index is 12.0. The van der Waals surface area contributed by atoms with E-state index in [1.165, 1.54) is 0 Å². The van der Waals surface area contributed by atoms with Gasteiger partial charge in [-0.1, -0.05) is 19.1 Å². The predicted molar refractivity (Wildman–Crippen MR) is 66.1 cm³/mol. The van der Waals surface area contributed by atoms with Crippen molar-refractivity contribution < 1.29 is 4.79 Å². The molecule has 1 rings (SSSR count). The zero-order valence-electron chi connectivity index (χ0n) is 9.38. The Morgan fingerprint density at radius 3 is 2.73 bits per heavy atom. The lowest BCUT2D eigenvalue weighted by molar-refractivity contribution is 0.0794. The molecule has 0 aromatic heterocycles. The Balaban J connectivity index is 2.96. The fourth-order valence-electron chi connectivity index (χ4n) is 1.46. The number of hydrogen-bond acceptors (Lipinski definition) is 1. The number of aryl methyl sites for hydroxylation is 1. The number of hydrogen-bond donors (Lipinski definition) is 0. The lowest BCUT2D eigenvalue weighted by Crippen LogP contribution is -2.27. The first-order chi connectivity index (χ1) is 7.07. The summed E-state index contributed by atoms with van der Waals surface area (Å²) in [5.41, 5.74) is 1.83. The van der Waals surface area contributed by atoms with Crippen molar-refractivity contribution in [2.75, 3.05) is 13.6 Å². The predicted octanol–water partition coefficient (Wildman–Crippen LogP) is 3.24. The van der Waals surface area contributed by atoms with Crippen molar-refractivity contribution in [1.82, 2.24) is 4.90 Å². The smallest absolute Gasteiger partial charge is 0.254 e. The maximum Gasteiger partial charge on any atom is 0.254 e. The molecule has 1 amide bonds. The summed E-state index contributed by atoms with van der Waals surface area (Å²) in [4.78, 5) is 13.8. The number of carbonyl (C=O) groups excluding carboxylic acids is 1. The van der Waals surface area contributed by atoms with Crippen LogP contribution in [0.3, 0.4) is 0 Å². The quantitative estimate of drug-likeness (QED) is 0.825. The summed E-state index contributed by atoms with van der Waals surface area (Å²) in [6.45, 7) is 4.84. The molecule has 15 heavy (non-hydrogen) atoms. The number of benzene rings is 1. The van der Waals surface area contributed by atoms with Gasteiger partial charge in [0.25, 0.3) is 5.91 Å². The molecule has 0 aliphatic rings. The van der Waals surface area contributed by atoms with E-state index in [1.807, 2.05) is 32.2 Å². The first-order valence-corrected chi connectivity index (χ1v) is 5.87. The Hall–Kier alpha value is -0.830. The van der Waals surface area contributed by atoms with Crippen LogP contribution in [-0.4, -0.2) is 24.4 Å². The molecular formula is C12H16BrNO. The Kier molecular flexibility index (Phi) is 4.33. The summed E-state index contributed by atoms with van der Waals surface area (Å²) in [7, 11) is 1.83. The fraction of sp³-hybridized carbons (Fsp3) is 0.417. The topological polar surface area (TPSA) is 20.3 Å². The highest BCUT2D eigenvalue weighted by molar-refractivity contribution is 9.10. The molecule has 0 unspecified atom stereocenters. The van der Waals surface area contributed by atoms with E-state index in [0.29, 0.717) is 0 Å². The van der Waals surface area contributed by atoms with Crippen molar-refractivity contribution in [2.45, 2.75) is 20.3 Å². The van der Waals surface area contributed by atoms with Crippen LogP contribution in [0.25, 0.3) is 0 Å². The Morgan fingerprint density at radius 1 is 1.47 bits per heavy atom. The molecule has 82 valence electrons. The zero-order chi connectivity index (χ0) is 11.4. The molecule has 0 heterocycles. The third-order valence-electron chi connectivity index (χ3n) is 2.33. The highest BCUT2D eigenvalue weighted by Gasteiger charge is 2.14. The lowest BCUT2D eigenvalue weighted by atomic mass is 10.1. The van der Waals surface area contributed by atoms with E-state index in [4.69, 9.17) is 0 Å². The third-order valence-corrected chi connectivity index (χ3v) is 3.38. The molecule has 2 nitrogen and oxygen atoms in total. The van der Waals surface area contributed by atoms with Gasteiger partial charge in [0.1, 0.15) is 0 Å². The van der Waals surface area contributed by atoms with Crippen LogP contribution in [0.2, 0.25) is 0 Å². The molecule has 0 aliphatic heterocycles. The molecule has 0 atom stereocenters. The summed E-state index contributed by atoms with van der Waals surface area (Å²) >= 11 is 3.45. The van der Waals surface area contributed by atoms with Crippen molar-refractivity contribution >= 4 is 21.8 Å². The lowest BCUT2D eigenvalue weighted by Gasteiger charge is -2.17. The number of rotatable bonds is 3. The minimum Gasteiger partial charge on any atom is -0.342 e. The molecule has 0 saturated carbocycles. The normalized spacial score (nSPS) is 10.1. The van der Waals surface area contributed by atoms with Crippen LogP contribution in [-0.2, 0) is 0 Å². The van der Waals surface area contributed by atoms with E-state index in [-0.39, 0.29) is 5.91 Å². The summed E-state index contributed by atoms with van der Waals surface area (Å²) < 4.78 is 0.901. The van der Waals surface area contributed by atoms with Gasteiger partial charge in [-0.25, -0.2) is 0 Å². The molecular weight excluding hydrogens is 254 g/mol. The highest BCUT2D eigenvalue weighted by Crippen LogP contribution is 2.22. The molecule has 1 aromatic carbocycles. The SMILES string of the molecule is CCCN(C)C(=O)c1cccc(C)c1Br. The van der Waals surface area contributed by atoms with Gasteiger partial charge < -0.3 is 4.90 Å². The van der Waals surface area contributed by atoms with Crippen LogP contribution in [0.5, 0.6) is 0 Å². The van der Waals surface area contributed by atoms with Crippen LogP contribution in [0.4, 0.5) is 0 Å². The van der Waals surface area contributed by atoms with Gasteiger partial charge in [0.2, 0.25) is 0 Å². The van der Waals surface area contributed by atoms with Gasteiger partial charge in [-0.3, -0.25) is 4.79 Å². The van der Waals surface area contributed by atoms with E-state index < -0.39 is 0 Å². The minimum absolute atomic E-state index is 0.0763. The number of nitrogens with zero attached hydrogens (tertiary/aromatic N) is 1. The molecule has 0 bridgehead atoms. The van der Waals surface area contributed by atoms with Crippen molar-refractivity contribution in [3.05, 3.63) is 33.8 Å². The maximum atomic E-state index is 12.0. The zero-order valence-corrected chi connectivity index (χ0v) is 11.0. The molecule has 0 N–H and O–H groups in total. The summed E-state index contributed by atoms with van der Waals surface area (Å²) in [6, 6.07) is 5.75. The van der Waals surface area contributed by atoms with Gasteiger partial charge in [-0.15, -0.1) is 0 Å². The van der Waals surface area contributed by atoms with Crippen LogP contribution in [0.1, 0.15) is 29.3 Å². The second kappa shape index (κ2) is 5.31. The van der Waals surface area contributed by atoms with Gasteiger partial charge in [0.15, 0.2) is 0 Å². The van der Waals surface area contributed by atoms with Crippen LogP contribution in [0, 0.1) is 6.92 Å². The van der Waals surface area contributed by atoms with E-state index in [0.717, 1.165) is 28.6 Å². The fourth-order valence-corrected chi connectivity index (χ4v) is 1.89. The van der Waals surface area contributed by atoms with Gasteiger partial charge in [0, 0.05) is 18.1 Å². The average molecular weight is 270 g/mol. The van der Waals surface area contributed by atoms with Gasteiger partial charge >= 0.3 is 0 Å². The van der Waals surface area contributed by atoms with Crippen molar-refractivity contribution in [2.24, 2.45) is 0 Å². The Morgan fingerprint density at radius 2 is 2.13 bits per heavy atom. The second-order valence-corrected chi connectivity index (χ2v) is 4.46. The molecule has 0 saturated heterocycles. The Bertz CT molecular complexity index is 363. The first kappa shape index (κ1) is 12.2. The van der Waals surface area contributed by atoms with E-state index >= 15 is 0 Å². The second-order valence-electron chi connectivity index (χ2n) is 3.66. The Labute approximate surface area is 99.4 Å². The summed E-state index contributed by atoms with van der Waals surface area (Å²) in [5.74, 6) is 0.0763. The van der Waals surface area contributed by atoms with Gasteiger partial charge in [-0.05, 0) is 40.9 Å². The van der Waals surface area contributed by atoms with Crippen LogP contribution in [0.15, 0.2) is 22.7 Å². The van der Waals surface area contributed by atoms with Gasteiger partial charge in [-0.2, -0.15) is 0 Å². The van der Waals surface area contributed by atoms with E-state index in [2.05, 4.69) is 22.9 Å².